The fourth-order valence-electron chi connectivity index (χ4n) is 1.68. The van der Waals surface area contributed by atoms with E-state index in [9.17, 15) is 4.79 Å². The Balaban J connectivity index is 0.00000289. The summed E-state index contributed by atoms with van der Waals surface area (Å²) in [5.74, 6) is -0.163. The molecule has 0 heterocycles. The molecule has 0 bridgehead atoms. The smallest absolute Gasteiger partial charge is 0.224 e. The molecule has 0 saturated carbocycles. The van der Waals surface area contributed by atoms with Crippen LogP contribution >= 0.6 is 12.4 Å². The van der Waals surface area contributed by atoms with Crippen LogP contribution in [0.5, 0.6) is 0 Å². The molecule has 0 radical (unpaired) electrons. The van der Waals surface area contributed by atoms with Gasteiger partial charge in [0.2, 0.25) is 5.91 Å². The molecule has 0 spiro atoms. The Kier molecular flexibility index (Phi) is 8.42. The van der Waals surface area contributed by atoms with Crippen LogP contribution in [0.15, 0.2) is 30.3 Å². The summed E-state index contributed by atoms with van der Waals surface area (Å²) in [6, 6.07) is 9.51. The number of nitrogens with one attached hydrogen (secondary N) is 1. The van der Waals surface area contributed by atoms with Gasteiger partial charge < -0.3 is 11.1 Å². The van der Waals surface area contributed by atoms with Crippen LogP contribution in [0, 0.1) is 5.92 Å². The van der Waals surface area contributed by atoms with E-state index in [1.165, 1.54) is 0 Å². The molecule has 0 fully saturated rings. The number of carbonyl (C=O) groups is 1. The number of amides is 1. The molecular weight excluding hydrogens is 248 g/mol. The predicted octanol–water partition coefficient (Wildman–Crippen LogP) is 2.66. The van der Waals surface area contributed by atoms with E-state index in [2.05, 4.69) is 12.2 Å². The van der Waals surface area contributed by atoms with Crippen LogP contribution in [0.3, 0.4) is 0 Å². The third-order valence-electron chi connectivity index (χ3n) is 2.97. The highest BCUT2D eigenvalue weighted by Crippen LogP contribution is 2.18. The zero-order chi connectivity index (χ0) is 12.7. The lowest BCUT2D eigenvalue weighted by Crippen LogP contribution is -2.36. The first-order valence-electron chi connectivity index (χ1n) is 6.25. The van der Waals surface area contributed by atoms with Gasteiger partial charge in [-0.1, -0.05) is 50.6 Å². The van der Waals surface area contributed by atoms with E-state index < -0.39 is 0 Å². The Labute approximate surface area is 116 Å². The van der Waals surface area contributed by atoms with Crippen molar-refractivity contribution in [3.63, 3.8) is 0 Å². The van der Waals surface area contributed by atoms with Crippen molar-refractivity contribution in [1.29, 1.82) is 0 Å². The number of rotatable bonds is 6. The van der Waals surface area contributed by atoms with E-state index in [0.29, 0.717) is 0 Å². The van der Waals surface area contributed by atoms with Gasteiger partial charge in [0, 0.05) is 12.6 Å². The number of nitrogens with two attached hydrogens (primary N) is 1. The molecule has 3 nitrogen and oxygen atoms in total. The summed E-state index contributed by atoms with van der Waals surface area (Å²) in [5, 5.41) is 2.92. The average molecular weight is 271 g/mol. The van der Waals surface area contributed by atoms with Gasteiger partial charge in [-0.2, -0.15) is 0 Å². The van der Waals surface area contributed by atoms with Gasteiger partial charge in [0.05, 0.1) is 5.92 Å². The summed E-state index contributed by atoms with van der Waals surface area (Å²) in [4.78, 5) is 11.8. The molecule has 1 rings (SSSR count). The molecule has 0 aliphatic carbocycles. The molecule has 1 amide bonds. The highest BCUT2D eigenvalue weighted by atomic mass is 35.5. The van der Waals surface area contributed by atoms with Gasteiger partial charge in [-0.25, -0.2) is 0 Å². The van der Waals surface area contributed by atoms with E-state index in [1.54, 1.807) is 0 Å². The second-order valence-corrected chi connectivity index (χ2v) is 4.37. The fourth-order valence-corrected chi connectivity index (χ4v) is 1.68. The van der Waals surface area contributed by atoms with Crippen molar-refractivity contribution in [2.24, 2.45) is 11.7 Å². The minimum Gasteiger partial charge on any atom is -0.356 e. The monoisotopic (exact) mass is 270 g/mol. The zero-order valence-corrected chi connectivity index (χ0v) is 11.9. The molecule has 2 atom stereocenters. The Morgan fingerprint density at radius 2 is 1.94 bits per heavy atom. The van der Waals surface area contributed by atoms with Crippen molar-refractivity contribution < 1.29 is 4.79 Å². The minimum absolute atomic E-state index is 0. The lowest BCUT2D eigenvalue weighted by molar-refractivity contribution is -0.125. The van der Waals surface area contributed by atoms with Gasteiger partial charge in [-0.15, -0.1) is 12.4 Å². The zero-order valence-electron chi connectivity index (χ0n) is 11.1. The molecule has 102 valence electrons. The second kappa shape index (κ2) is 8.95. The van der Waals surface area contributed by atoms with Crippen molar-refractivity contribution in [1.82, 2.24) is 5.32 Å². The molecule has 0 saturated heterocycles. The van der Waals surface area contributed by atoms with Gasteiger partial charge >= 0.3 is 0 Å². The molecule has 4 heteroatoms. The van der Waals surface area contributed by atoms with E-state index in [0.717, 1.165) is 24.9 Å². The number of halogens is 1. The molecule has 2 unspecified atom stereocenters. The average Bonchev–Trinajstić information content (AvgIpc) is 2.38. The Bertz CT molecular complexity index is 343. The number of unbranched alkanes of at least 4 members (excludes halogenated alkanes) is 1. The molecule has 0 aliphatic heterocycles. The highest BCUT2D eigenvalue weighted by Gasteiger charge is 2.21. The van der Waals surface area contributed by atoms with Crippen LogP contribution in [0.4, 0.5) is 0 Å². The number of hydrogen-bond donors (Lipinski definition) is 2. The SMILES string of the molecule is CCCCNC(=O)C(C)C(N)c1ccccc1.Cl. The lowest BCUT2D eigenvalue weighted by Gasteiger charge is -2.19. The summed E-state index contributed by atoms with van der Waals surface area (Å²) in [6.07, 6.45) is 2.10. The Morgan fingerprint density at radius 3 is 2.50 bits per heavy atom. The number of carbonyl (C=O) groups excluding carboxylic acids is 1. The van der Waals surface area contributed by atoms with Crippen LogP contribution < -0.4 is 11.1 Å². The van der Waals surface area contributed by atoms with Crippen LogP contribution in [0.1, 0.15) is 38.3 Å². The summed E-state index contributed by atoms with van der Waals surface area (Å²) in [7, 11) is 0. The van der Waals surface area contributed by atoms with Crippen LogP contribution in [0.2, 0.25) is 0 Å². The number of hydrogen-bond acceptors (Lipinski definition) is 2. The topological polar surface area (TPSA) is 55.1 Å². The molecule has 0 aliphatic rings. The Hall–Kier alpha value is -1.06. The summed E-state index contributed by atoms with van der Waals surface area (Å²) in [6.45, 7) is 4.71. The third kappa shape index (κ3) is 5.07. The van der Waals surface area contributed by atoms with Gasteiger partial charge in [0.15, 0.2) is 0 Å². The standard InChI is InChI=1S/C14H22N2O.ClH/c1-3-4-10-16-14(17)11(2)13(15)12-8-6-5-7-9-12;/h5-9,11,13H,3-4,10,15H2,1-2H3,(H,16,17);1H. The van der Waals surface area contributed by atoms with Crippen LogP contribution in [-0.4, -0.2) is 12.5 Å². The van der Waals surface area contributed by atoms with E-state index >= 15 is 0 Å². The largest absolute Gasteiger partial charge is 0.356 e. The molecule has 18 heavy (non-hydrogen) atoms. The molecular formula is C14H23ClN2O. The van der Waals surface area contributed by atoms with Crippen molar-refractivity contribution in [2.75, 3.05) is 6.54 Å². The maximum atomic E-state index is 11.8. The Morgan fingerprint density at radius 1 is 1.33 bits per heavy atom. The van der Waals surface area contributed by atoms with Crippen molar-refractivity contribution >= 4 is 18.3 Å². The van der Waals surface area contributed by atoms with Crippen molar-refractivity contribution in [2.45, 2.75) is 32.7 Å². The van der Waals surface area contributed by atoms with E-state index in [1.807, 2.05) is 37.3 Å². The maximum absolute atomic E-state index is 11.8. The highest BCUT2D eigenvalue weighted by molar-refractivity contribution is 5.85. The van der Waals surface area contributed by atoms with Crippen molar-refractivity contribution in [3.05, 3.63) is 35.9 Å². The van der Waals surface area contributed by atoms with Crippen molar-refractivity contribution in [3.8, 4) is 0 Å². The first-order valence-corrected chi connectivity index (χ1v) is 6.25. The first kappa shape index (κ1) is 16.9. The fraction of sp³-hybridized carbons (Fsp3) is 0.500. The number of benzene rings is 1. The second-order valence-electron chi connectivity index (χ2n) is 4.37. The summed E-state index contributed by atoms with van der Waals surface area (Å²) < 4.78 is 0. The summed E-state index contributed by atoms with van der Waals surface area (Å²) >= 11 is 0. The van der Waals surface area contributed by atoms with Gasteiger partial charge in [0.1, 0.15) is 0 Å². The normalized spacial score (nSPS) is 13.3. The molecule has 1 aromatic rings. The van der Waals surface area contributed by atoms with Crippen LogP contribution in [0.25, 0.3) is 0 Å². The van der Waals surface area contributed by atoms with Crippen LogP contribution in [-0.2, 0) is 4.79 Å². The van der Waals surface area contributed by atoms with E-state index in [4.69, 9.17) is 5.73 Å². The van der Waals surface area contributed by atoms with E-state index in [-0.39, 0.29) is 30.3 Å². The van der Waals surface area contributed by atoms with Gasteiger partial charge in [0.25, 0.3) is 0 Å². The van der Waals surface area contributed by atoms with Gasteiger partial charge in [-0.05, 0) is 12.0 Å². The van der Waals surface area contributed by atoms with Gasteiger partial charge in [-0.3, -0.25) is 4.79 Å². The maximum Gasteiger partial charge on any atom is 0.224 e. The molecule has 3 N–H and O–H groups in total. The minimum atomic E-state index is -0.238. The molecule has 0 aromatic heterocycles. The lowest BCUT2D eigenvalue weighted by atomic mass is 9.95. The predicted molar refractivity (Wildman–Crippen MR) is 77.7 cm³/mol. The first-order chi connectivity index (χ1) is 8.16. The molecule has 1 aromatic carbocycles. The quantitative estimate of drug-likeness (QED) is 0.781. The summed E-state index contributed by atoms with van der Waals surface area (Å²) in [5.41, 5.74) is 7.09. The third-order valence-corrected chi connectivity index (χ3v) is 2.97.